The van der Waals surface area contributed by atoms with E-state index in [4.69, 9.17) is 19.3 Å². The minimum absolute atomic E-state index is 0.0727. The zero-order valence-electron chi connectivity index (χ0n) is 20.9. The van der Waals surface area contributed by atoms with E-state index in [-0.39, 0.29) is 37.5 Å². The second-order valence-electron chi connectivity index (χ2n) is 9.25. The average Bonchev–Trinajstić information content (AvgIpc) is 3.40. The molecule has 9 nitrogen and oxygen atoms in total. The van der Waals surface area contributed by atoms with Gasteiger partial charge in [0.25, 0.3) is 5.91 Å². The molecule has 3 N–H and O–H groups in total. The lowest BCUT2D eigenvalue weighted by Gasteiger charge is -2.41. The molecule has 4 unspecified atom stereocenters. The van der Waals surface area contributed by atoms with Gasteiger partial charge in [-0.05, 0) is 73.9 Å². The van der Waals surface area contributed by atoms with Crippen LogP contribution in [0, 0.1) is 3.57 Å². The molecule has 2 amide bonds. The van der Waals surface area contributed by atoms with E-state index < -0.39 is 24.4 Å². The van der Waals surface area contributed by atoms with Gasteiger partial charge in [0.15, 0.2) is 0 Å². The molecule has 0 bridgehead atoms. The molecule has 1 aliphatic heterocycles. The van der Waals surface area contributed by atoms with Crippen LogP contribution >= 0.6 is 22.6 Å². The normalized spacial score (nSPS) is 23.9. The Morgan fingerprint density at radius 2 is 2.08 bits per heavy atom. The van der Waals surface area contributed by atoms with Crippen molar-refractivity contribution in [3.63, 3.8) is 0 Å². The Morgan fingerprint density at radius 1 is 1.31 bits per heavy atom. The highest BCUT2D eigenvalue weighted by Crippen LogP contribution is 2.31. The maximum Gasteiger partial charge on any atom is 0.252 e. The van der Waals surface area contributed by atoms with Crippen molar-refractivity contribution in [1.29, 1.82) is 0 Å². The summed E-state index contributed by atoms with van der Waals surface area (Å²) in [6, 6.07) is 6.73. The molecule has 200 valence electrons. The smallest absolute Gasteiger partial charge is 0.252 e. The van der Waals surface area contributed by atoms with Gasteiger partial charge in [-0.15, -0.1) is 0 Å². The quantitative estimate of drug-likeness (QED) is 0.243. The molecule has 2 aliphatic rings. The third kappa shape index (κ3) is 7.88. The van der Waals surface area contributed by atoms with Crippen LogP contribution in [0.4, 0.5) is 0 Å². The van der Waals surface area contributed by atoms with Gasteiger partial charge >= 0.3 is 0 Å². The Kier molecular flexibility index (Phi) is 11.4. The summed E-state index contributed by atoms with van der Waals surface area (Å²) in [6.07, 6.45) is 1.40. The van der Waals surface area contributed by atoms with Gasteiger partial charge in [-0.1, -0.05) is 12.1 Å². The molecule has 1 fully saturated rings. The van der Waals surface area contributed by atoms with Crippen LogP contribution in [0.15, 0.2) is 35.9 Å². The lowest BCUT2D eigenvalue weighted by molar-refractivity contribution is -0.148. The number of ether oxygens (including phenoxy) is 3. The highest BCUT2D eigenvalue weighted by molar-refractivity contribution is 14.1. The summed E-state index contributed by atoms with van der Waals surface area (Å²) >= 11 is 2.15. The zero-order valence-corrected chi connectivity index (χ0v) is 23.1. The number of carbonyl (C=O) groups is 2. The predicted molar refractivity (Wildman–Crippen MR) is 143 cm³/mol. The first-order valence-corrected chi connectivity index (χ1v) is 13.6. The first-order valence-electron chi connectivity index (χ1n) is 12.5. The van der Waals surface area contributed by atoms with E-state index in [2.05, 4.69) is 27.9 Å². The molecular weight excluding hydrogens is 579 g/mol. The minimum Gasteiger partial charge on any atom is -0.482 e. The highest BCUT2D eigenvalue weighted by Gasteiger charge is 2.42. The van der Waals surface area contributed by atoms with Crippen molar-refractivity contribution in [2.75, 3.05) is 32.9 Å². The van der Waals surface area contributed by atoms with Gasteiger partial charge in [-0.25, -0.2) is 0 Å². The van der Waals surface area contributed by atoms with Crippen molar-refractivity contribution < 1.29 is 34.0 Å². The van der Waals surface area contributed by atoms with Crippen molar-refractivity contribution in [1.82, 2.24) is 10.2 Å². The van der Waals surface area contributed by atoms with E-state index >= 15 is 0 Å². The molecule has 10 heteroatoms. The van der Waals surface area contributed by atoms with Crippen LogP contribution in [0.3, 0.4) is 0 Å². The van der Waals surface area contributed by atoms with Gasteiger partial charge in [0.1, 0.15) is 24.1 Å². The zero-order chi connectivity index (χ0) is 26.1. The summed E-state index contributed by atoms with van der Waals surface area (Å²) in [4.78, 5) is 28.1. The Morgan fingerprint density at radius 3 is 2.75 bits per heavy atom. The fourth-order valence-corrected chi connectivity index (χ4v) is 4.93. The predicted octanol–water partition coefficient (Wildman–Crippen LogP) is 2.03. The maximum atomic E-state index is 13.5. The van der Waals surface area contributed by atoms with Gasteiger partial charge in [-0.3, -0.25) is 9.59 Å². The first-order chi connectivity index (χ1) is 17.3. The number of aliphatic hydroxyl groups is 2. The Hall–Kier alpha value is -1.73. The second kappa shape index (κ2) is 14.3. The van der Waals surface area contributed by atoms with E-state index in [1.165, 1.54) is 0 Å². The van der Waals surface area contributed by atoms with E-state index in [1.54, 1.807) is 17.0 Å². The fourth-order valence-electron chi connectivity index (χ4n) is 4.42. The number of carbonyl (C=O) groups excluding carboxylic acids is 2. The van der Waals surface area contributed by atoms with E-state index in [1.807, 2.05) is 32.0 Å². The SMILES string of the molecule is CC(C)OCCCN(C(=O)C1CCCO1)C1CC(C(=O)NCCO)=CC(Oc2ccccc2I)C1O. The molecule has 1 aromatic carbocycles. The van der Waals surface area contributed by atoms with Crippen molar-refractivity contribution in [3.8, 4) is 5.75 Å². The van der Waals surface area contributed by atoms with Crippen LogP contribution in [0.2, 0.25) is 0 Å². The molecule has 0 spiro atoms. The number of halogens is 1. The topological polar surface area (TPSA) is 118 Å². The minimum atomic E-state index is -1.06. The molecule has 1 heterocycles. The molecule has 0 aromatic heterocycles. The largest absolute Gasteiger partial charge is 0.482 e. The van der Waals surface area contributed by atoms with Crippen molar-refractivity contribution >= 4 is 34.4 Å². The fraction of sp³-hybridized carbons (Fsp3) is 0.615. The second-order valence-corrected chi connectivity index (χ2v) is 10.4. The monoisotopic (exact) mass is 616 g/mol. The van der Waals surface area contributed by atoms with Gasteiger partial charge in [0.05, 0.1) is 22.3 Å². The van der Waals surface area contributed by atoms with E-state index in [0.717, 1.165) is 9.99 Å². The molecule has 0 radical (unpaired) electrons. The first kappa shape index (κ1) is 28.8. The summed E-state index contributed by atoms with van der Waals surface area (Å²) in [5.74, 6) is 0.0348. The highest BCUT2D eigenvalue weighted by atomic mass is 127. The Balaban J connectivity index is 1.88. The van der Waals surface area contributed by atoms with Crippen LogP contribution < -0.4 is 10.1 Å². The summed E-state index contributed by atoms with van der Waals surface area (Å²) in [6.45, 7) is 5.18. The summed E-state index contributed by atoms with van der Waals surface area (Å²) in [5.41, 5.74) is 0.401. The van der Waals surface area contributed by atoms with E-state index in [0.29, 0.717) is 43.9 Å². The van der Waals surface area contributed by atoms with Crippen molar-refractivity contribution in [3.05, 3.63) is 39.5 Å². The lowest BCUT2D eigenvalue weighted by atomic mass is 9.87. The Labute approximate surface area is 226 Å². The Bertz CT molecular complexity index is 904. The lowest BCUT2D eigenvalue weighted by Crippen LogP contribution is -2.57. The standard InChI is InChI=1S/C26H37IN2O7/c1-17(2)34-14-6-11-29(26(33)22-9-5-13-35-22)20-15-18(25(32)28-10-12-30)16-23(24(20)31)36-21-8-4-3-7-19(21)27/h3-4,7-8,16-17,20,22-24,30-31H,5-6,9-15H2,1-2H3,(H,28,32). The van der Waals surface area contributed by atoms with Gasteiger partial charge in [0.2, 0.25) is 5.91 Å². The van der Waals surface area contributed by atoms with Crippen molar-refractivity contribution in [2.24, 2.45) is 0 Å². The number of aliphatic hydroxyl groups excluding tert-OH is 2. The van der Waals surface area contributed by atoms with Crippen LogP contribution in [0.1, 0.15) is 39.5 Å². The summed E-state index contributed by atoms with van der Waals surface area (Å²) < 4.78 is 18.4. The number of amides is 2. The van der Waals surface area contributed by atoms with Crippen LogP contribution in [-0.4, -0.2) is 90.3 Å². The molecule has 1 saturated heterocycles. The molecular formula is C26H37IN2O7. The maximum absolute atomic E-state index is 13.5. The molecule has 3 rings (SSSR count). The van der Waals surface area contributed by atoms with Gasteiger partial charge in [-0.2, -0.15) is 0 Å². The van der Waals surface area contributed by atoms with Crippen LogP contribution in [-0.2, 0) is 19.1 Å². The molecule has 0 saturated carbocycles. The van der Waals surface area contributed by atoms with Gasteiger partial charge < -0.3 is 34.6 Å². The summed E-state index contributed by atoms with van der Waals surface area (Å²) in [5, 5.41) is 23.3. The molecule has 1 aromatic rings. The average molecular weight is 616 g/mol. The number of hydrogen-bond acceptors (Lipinski definition) is 7. The van der Waals surface area contributed by atoms with Crippen LogP contribution in [0.25, 0.3) is 0 Å². The number of hydrogen-bond donors (Lipinski definition) is 3. The third-order valence-electron chi connectivity index (χ3n) is 6.20. The van der Waals surface area contributed by atoms with Gasteiger partial charge in [0, 0.05) is 38.3 Å². The number of para-hydroxylation sites is 1. The number of benzene rings is 1. The van der Waals surface area contributed by atoms with Crippen LogP contribution in [0.5, 0.6) is 5.75 Å². The number of nitrogens with zero attached hydrogens (tertiary/aromatic N) is 1. The number of rotatable bonds is 12. The molecule has 1 aliphatic carbocycles. The third-order valence-corrected chi connectivity index (χ3v) is 7.09. The van der Waals surface area contributed by atoms with Crippen molar-refractivity contribution in [2.45, 2.75) is 70.0 Å². The summed E-state index contributed by atoms with van der Waals surface area (Å²) in [7, 11) is 0. The molecule has 4 atom stereocenters. The van der Waals surface area contributed by atoms with E-state index in [9.17, 15) is 14.7 Å². The molecule has 36 heavy (non-hydrogen) atoms. The number of nitrogens with one attached hydrogen (secondary N) is 1.